The Kier molecular flexibility index (Phi) is 6.29. The number of hydrazine groups is 1. The van der Waals surface area contributed by atoms with Gasteiger partial charge < -0.3 is 9.80 Å². The van der Waals surface area contributed by atoms with Crippen LogP contribution in [0.2, 0.25) is 0 Å². The zero-order chi connectivity index (χ0) is 18.7. The van der Waals surface area contributed by atoms with Crippen LogP contribution in [-0.4, -0.2) is 80.5 Å². The van der Waals surface area contributed by atoms with Crippen molar-refractivity contribution >= 4 is 5.91 Å². The Labute approximate surface area is 157 Å². The molecule has 3 rings (SSSR count). The fourth-order valence-electron chi connectivity index (χ4n) is 3.81. The van der Waals surface area contributed by atoms with Crippen LogP contribution in [0.1, 0.15) is 22.7 Å². The van der Waals surface area contributed by atoms with E-state index in [9.17, 15) is 4.79 Å². The number of benzene rings is 1. The predicted octanol–water partition coefficient (Wildman–Crippen LogP) is 0.774. The van der Waals surface area contributed by atoms with Crippen LogP contribution in [0.4, 0.5) is 0 Å². The van der Waals surface area contributed by atoms with Crippen LogP contribution in [0.5, 0.6) is 0 Å². The summed E-state index contributed by atoms with van der Waals surface area (Å²) in [6, 6.07) is 7.16. The highest BCUT2D eigenvalue weighted by Crippen LogP contribution is 2.27. The molecule has 0 bridgehead atoms. The van der Waals surface area contributed by atoms with Gasteiger partial charge in [-0.2, -0.15) is 0 Å². The molecule has 2 aliphatic heterocycles. The number of hydrogen-bond acceptors (Lipinski definition) is 5. The van der Waals surface area contributed by atoms with Gasteiger partial charge in [-0.1, -0.05) is 18.2 Å². The summed E-state index contributed by atoms with van der Waals surface area (Å²) >= 11 is 0. The summed E-state index contributed by atoms with van der Waals surface area (Å²) in [5, 5.41) is 0. The Morgan fingerprint density at radius 1 is 1.12 bits per heavy atom. The number of likely N-dealkylation sites (N-methyl/N-ethyl adjacent to an activating group) is 1. The Bertz CT molecular complexity index is 625. The van der Waals surface area contributed by atoms with Gasteiger partial charge in [0.15, 0.2) is 0 Å². The van der Waals surface area contributed by atoms with Crippen molar-refractivity contribution in [3.05, 3.63) is 34.9 Å². The van der Waals surface area contributed by atoms with Crippen LogP contribution in [0.3, 0.4) is 0 Å². The van der Waals surface area contributed by atoms with E-state index in [0.29, 0.717) is 18.5 Å². The van der Waals surface area contributed by atoms with Gasteiger partial charge in [0.1, 0.15) is 0 Å². The molecule has 144 valence electrons. The van der Waals surface area contributed by atoms with Crippen molar-refractivity contribution < 1.29 is 4.79 Å². The van der Waals surface area contributed by atoms with Gasteiger partial charge in [0.05, 0.1) is 12.6 Å². The van der Waals surface area contributed by atoms with Crippen LogP contribution in [0.25, 0.3) is 0 Å². The molecule has 1 amide bonds. The minimum atomic E-state index is 0.192. The summed E-state index contributed by atoms with van der Waals surface area (Å²) in [6.07, 6.45) is 0. The highest BCUT2D eigenvalue weighted by Gasteiger charge is 2.31. The summed E-state index contributed by atoms with van der Waals surface area (Å²) in [5.74, 6) is 0.754. The lowest BCUT2D eigenvalue weighted by atomic mass is 9.92. The standard InChI is InChI=1S/C20H33N5O/c1-15-5-6-17(11-16(15)2)20-18(12-21-22-20)13-24-7-9-25(10-8-24)14-19(26)23(3)4/h5-6,11,18,20-22H,7-10,12-14H2,1-4H3. The van der Waals surface area contributed by atoms with Gasteiger partial charge in [-0.15, -0.1) is 0 Å². The molecule has 6 heteroatoms. The summed E-state index contributed by atoms with van der Waals surface area (Å²) in [4.78, 5) is 18.4. The molecule has 2 saturated heterocycles. The molecule has 1 aromatic carbocycles. The highest BCUT2D eigenvalue weighted by molar-refractivity contribution is 5.77. The fraction of sp³-hybridized carbons (Fsp3) is 0.650. The van der Waals surface area contributed by atoms with E-state index in [4.69, 9.17) is 0 Å². The number of nitrogens with one attached hydrogen (secondary N) is 2. The van der Waals surface area contributed by atoms with E-state index in [1.807, 2.05) is 14.1 Å². The topological polar surface area (TPSA) is 50.9 Å². The molecule has 2 fully saturated rings. The maximum atomic E-state index is 11.9. The second kappa shape index (κ2) is 8.48. The van der Waals surface area contributed by atoms with E-state index in [2.05, 4.69) is 52.7 Å². The molecule has 2 aliphatic rings. The molecule has 2 heterocycles. The minimum absolute atomic E-state index is 0.192. The summed E-state index contributed by atoms with van der Waals surface area (Å²) in [6.45, 7) is 11.0. The van der Waals surface area contributed by atoms with Crippen LogP contribution < -0.4 is 10.9 Å². The SMILES string of the molecule is Cc1ccc(C2NNCC2CN2CCN(CC(=O)N(C)C)CC2)cc1C. The third-order valence-electron chi connectivity index (χ3n) is 5.80. The van der Waals surface area contributed by atoms with Crippen molar-refractivity contribution in [2.75, 3.05) is 59.9 Å². The first-order chi connectivity index (χ1) is 12.4. The van der Waals surface area contributed by atoms with Crippen LogP contribution in [-0.2, 0) is 4.79 Å². The second-order valence-electron chi connectivity index (χ2n) is 7.97. The van der Waals surface area contributed by atoms with E-state index in [-0.39, 0.29) is 5.91 Å². The summed E-state index contributed by atoms with van der Waals surface area (Å²) < 4.78 is 0. The number of aryl methyl sites for hydroxylation is 2. The van der Waals surface area contributed by atoms with Gasteiger partial charge in [0, 0.05) is 59.3 Å². The monoisotopic (exact) mass is 359 g/mol. The van der Waals surface area contributed by atoms with Crippen LogP contribution in [0.15, 0.2) is 18.2 Å². The lowest BCUT2D eigenvalue weighted by Gasteiger charge is -2.36. The first-order valence-corrected chi connectivity index (χ1v) is 9.64. The fourth-order valence-corrected chi connectivity index (χ4v) is 3.81. The molecule has 2 atom stereocenters. The van der Waals surface area contributed by atoms with Gasteiger partial charge in [-0.05, 0) is 30.5 Å². The molecule has 6 nitrogen and oxygen atoms in total. The zero-order valence-corrected chi connectivity index (χ0v) is 16.6. The van der Waals surface area contributed by atoms with E-state index >= 15 is 0 Å². The Hall–Kier alpha value is -1.47. The van der Waals surface area contributed by atoms with Crippen molar-refractivity contribution in [3.8, 4) is 0 Å². The van der Waals surface area contributed by atoms with Crippen molar-refractivity contribution in [1.82, 2.24) is 25.6 Å². The second-order valence-corrected chi connectivity index (χ2v) is 7.97. The van der Waals surface area contributed by atoms with Gasteiger partial charge in [-0.3, -0.25) is 15.1 Å². The van der Waals surface area contributed by atoms with Gasteiger partial charge in [0.2, 0.25) is 5.91 Å². The predicted molar refractivity (Wildman–Crippen MR) is 105 cm³/mol. The Balaban J connectivity index is 1.52. The zero-order valence-electron chi connectivity index (χ0n) is 16.6. The van der Waals surface area contributed by atoms with E-state index in [1.165, 1.54) is 16.7 Å². The molecular weight excluding hydrogens is 326 g/mol. The highest BCUT2D eigenvalue weighted by atomic mass is 16.2. The molecule has 26 heavy (non-hydrogen) atoms. The number of piperazine rings is 1. The van der Waals surface area contributed by atoms with Crippen molar-refractivity contribution in [1.29, 1.82) is 0 Å². The molecule has 0 saturated carbocycles. The number of hydrogen-bond donors (Lipinski definition) is 2. The molecule has 2 N–H and O–H groups in total. The molecule has 1 aromatic rings. The van der Waals surface area contributed by atoms with Crippen LogP contribution in [0, 0.1) is 19.8 Å². The van der Waals surface area contributed by atoms with Crippen molar-refractivity contribution in [3.63, 3.8) is 0 Å². The first kappa shape index (κ1) is 19.3. The molecule has 0 aromatic heterocycles. The number of amides is 1. The molecule has 0 radical (unpaired) electrons. The van der Waals surface area contributed by atoms with Gasteiger partial charge >= 0.3 is 0 Å². The maximum Gasteiger partial charge on any atom is 0.236 e. The van der Waals surface area contributed by atoms with E-state index < -0.39 is 0 Å². The molecular formula is C20H33N5O. The third kappa shape index (κ3) is 4.62. The largest absolute Gasteiger partial charge is 0.348 e. The number of carbonyl (C=O) groups excluding carboxylic acids is 1. The quantitative estimate of drug-likeness (QED) is 0.814. The molecule has 0 spiro atoms. The van der Waals surface area contributed by atoms with Gasteiger partial charge in [0.25, 0.3) is 0 Å². The average Bonchev–Trinajstić information content (AvgIpc) is 3.07. The number of carbonyl (C=O) groups is 1. The molecule has 2 unspecified atom stereocenters. The van der Waals surface area contributed by atoms with Crippen molar-refractivity contribution in [2.24, 2.45) is 5.92 Å². The van der Waals surface area contributed by atoms with Crippen LogP contribution >= 0.6 is 0 Å². The van der Waals surface area contributed by atoms with E-state index in [0.717, 1.165) is 39.3 Å². The lowest BCUT2D eigenvalue weighted by molar-refractivity contribution is -0.130. The average molecular weight is 360 g/mol. The third-order valence-corrected chi connectivity index (χ3v) is 5.80. The van der Waals surface area contributed by atoms with Crippen molar-refractivity contribution in [2.45, 2.75) is 19.9 Å². The first-order valence-electron chi connectivity index (χ1n) is 9.64. The minimum Gasteiger partial charge on any atom is -0.348 e. The van der Waals surface area contributed by atoms with Gasteiger partial charge in [-0.25, -0.2) is 5.43 Å². The summed E-state index contributed by atoms with van der Waals surface area (Å²) in [7, 11) is 3.65. The Morgan fingerprint density at radius 2 is 1.81 bits per heavy atom. The number of rotatable bonds is 5. The normalized spacial score (nSPS) is 24.8. The van der Waals surface area contributed by atoms with E-state index in [1.54, 1.807) is 4.90 Å². The maximum absolute atomic E-state index is 11.9. The Morgan fingerprint density at radius 3 is 2.46 bits per heavy atom. The summed E-state index contributed by atoms with van der Waals surface area (Å²) in [5.41, 5.74) is 10.9. The lowest BCUT2D eigenvalue weighted by Crippen LogP contribution is -2.50. The smallest absolute Gasteiger partial charge is 0.236 e. The molecule has 0 aliphatic carbocycles. The number of nitrogens with zero attached hydrogens (tertiary/aromatic N) is 3.